The number of fused-ring (bicyclic) bond motifs is 1. The van der Waals surface area contributed by atoms with Crippen LogP contribution in [0.15, 0.2) is 42.9 Å². The lowest BCUT2D eigenvalue weighted by atomic mass is 10.3. The van der Waals surface area contributed by atoms with Gasteiger partial charge in [-0.25, -0.2) is 9.97 Å². The van der Waals surface area contributed by atoms with Crippen LogP contribution < -0.4 is 4.74 Å². The topological polar surface area (TPSA) is 39.9 Å². The van der Waals surface area contributed by atoms with Crippen molar-refractivity contribution in [3.05, 3.63) is 48.0 Å². The van der Waals surface area contributed by atoms with Crippen LogP contribution in [0.25, 0.3) is 16.7 Å². The van der Waals surface area contributed by atoms with Gasteiger partial charge in [0.1, 0.15) is 22.9 Å². The average Bonchev–Trinajstić information content (AvgIpc) is 2.84. The Bertz CT molecular complexity index is 691. The Morgan fingerprint density at radius 3 is 2.61 bits per heavy atom. The number of benzene rings is 1. The maximum Gasteiger partial charge on any atom is 0.149 e. The molecule has 0 aliphatic rings. The minimum absolute atomic E-state index is 0.465. The quantitative estimate of drug-likeness (QED) is 0.664. The van der Waals surface area contributed by atoms with Crippen LogP contribution in [0.4, 0.5) is 0 Å². The number of aromatic nitrogens is 3. The summed E-state index contributed by atoms with van der Waals surface area (Å²) in [5.41, 5.74) is 1.79. The maximum atomic E-state index is 6.02. The minimum atomic E-state index is 0.465. The second-order valence-electron chi connectivity index (χ2n) is 3.79. The number of methoxy groups -OCH3 is 1. The first-order valence-electron chi connectivity index (χ1n) is 5.41. The van der Waals surface area contributed by atoms with Gasteiger partial charge in [0.05, 0.1) is 12.5 Å². The van der Waals surface area contributed by atoms with Crippen molar-refractivity contribution < 1.29 is 4.74 Å². The van der Waals surface area contributed by atoms with Gasteiger partial charge in [-0.2, -0.15) is 0 Å². The fourth-order valence-corrected chi connectivity index (χ4v) is 2.06. The van der Waals surface area contributed by atoms with Crippen molar-refractivity contribution in [1.29, 1.82) is 0 Å². The molecule has 0 amide bonds. The third-order valence-corrected chi connectivity index (χ3v) is 3.08. The van der Waals surface area contributed by atoms with Gasteiger partial charge in [0.15, 0.2) is 0 Å². The molecule has 4 nitrogen and oxygen atoms in total. The van der Waals surface area contributed by atoms with Crippen molar-refractivity contribution >= 4 is 22.6 Å². The normalized spacial score (nSPS) is 10.8. The van der Waals surface area contributed by atoms with Crippen LogP contribution in [0.2, 0.25) is 5.15 Å². The van der Waals surface area contributed by atoms with Crippen LogP contribution in [0.1, 0.15) is 0 Å². The van der Waals surface area contributed by atoms with E-state index in [1.54, 1.807) is 7.11 Å². The molecule has 0 N–H and O–H groups in total. The van der Waals surface area contributed by atoms with Crippen LogP contribution in [0.3, 0.4) is 0 Å². The van der Waals surface area contributed by atoms with Crippen molar-refractivity contribution in [1.82, 2.24) is 14.5 Å². The summed E-state index contributed by atoms with van der Waals surface area (Å²) in [5, 5.41) is 1.31. The molecule has 0 saturated heterocycles. The molecule has 0 saturated carbocycles. The molecule has 0 spiro atoms. The van der Waals surface area contributed by atoms with E-state index in [0.29, 0.717) is 5.15 Å². The monoisotopic (exact) mass is 259 g/mol. The molecular formula is C13H10ClN3O. The summed E-state index contributed by atoms with van der Waals surface area (Å²) < 4.78 is 7.10. The molecule has 0 bridgehead atoms. The third kappa shape index (κ3) is 1.71. The molecule has 5 heteroatoms. The van der Waals surface area contributed by atoms with E-state index in [9.17, 15) is 0 Å². The first kappa shape index (κ1) is 11.0. The van der Waals surface area contributed by atoms with Crippen molar-refractivity contribution in [2.45, 2.75) is 0 Å². The van der Waals surface area contributed by atoms with Gasteiger partial charge in [0, 0.05) is 11.9 Å². The van der Waals surface area contributed by atoms with Crippen molar-refractivity contribution in [2.75, 3.05) is 7.11 Å². The van der Waals surface area contributed by atoms with Crippen LogP contribution >= 0.6 is 11.6 Å². The first-order valence-corrected chi connectivity index (χ1v) is 5.79. The molecule has 2 heterocycles. The van der Waals surface area contributed by atoms with Gasteiger partial charge >= 0.3 is 0 Å². The fraction of sp³-hybridized carbons (Fsp3) is 0.0769. The Balaban J connectivity index is 2.16. The van der Waals surface area contributed by atoms with Gasteiger partial charge in [0.2, 0.25) is 0 Å². The molecule has 3 rings (SSSR count). The van der Waals surface area contributed by atoms with E-state index in [1.807, 2.05) is 41.1 Å². The molecule has 0 atom stereocenters. The van der Waals surface area contributed by atoms with Gasteiger partial charge in [-0.3, -0.25) is 0 Å². The summed E-state index contributed by atoms with van der Waals surface area (Å²) in [6.45, 7) is 0. The smallest absolute Gasteiger partial charge is 0.149 e. The van der Waals surface area contributed by atoms with Crippen molar-refractivity contribution in [2.24, 2.45) is 0 Å². The lowest BCUT2D eigenvalue weighted by Crippen LogP contribution is -1.94. The first-order chi connectivity index (χ1) is 8.79. The minimum Gasteiger partial charge on any atom is -0.497 e. The Kier molecular flexibility index (Phi) is 2.64. The highest BCUT2D eigenvalue weighted by atomic mass is 35.5. The van der Waals surface area contributed by atoms with Crippen LogP contribution in [0, 0.1) is 0 Å². The standard InChI is InChI=1S/C13H10ClN3O/c1-18-10-4-2-9(3-5-10)17-7-6-11-12(14)15-8-16-13(11)17/h2-8H,1H3. The number of rotatable bonds is 2. The SMILES string of the molecule is COc1ccc(-n2ccc3c(Cl)ncnc32)cc1. The zero-order chi connectivity index (χ0) is 12.5. The summed E-state index contributed by atoms with van der Waals surface area (Å²) in [5.74, 6) is 0.822. The lowest BCUT2D eigenvalue weighted by molar-refractivity contribution is 0.415. The summed E-state index contributed by atoms with van der Waals surface area (Å²) in [4.78, 5) is 8.22. The Hall–Kier alpha value is -2.07. The maximum absolute atomic E-state index is 6.02. The zero-order valence-corrected chi connectivity index (χ0v) is 10.4. The Labute approximate surface area is 109 Å². The molecule has 0 aliphatic carbocycles. The lowest BCUT2D eigenvalue weighted by Gasteiger charge is -2.05. The second kappa shape index (κ2) is 4.31. The molecule has 0 radical (unpaired) electrons. The Morgan fingerprint density at radius 2 is 1.89 bits per heavy atom. The summed E-state index contributed by atoms with van der Waals surface area (Å²) in [6.07, 6.45) is 3.39. The van der Waals surface area contributed by atoms with Gasteiger partial charge in [-0.05, 0) is 30.3 Å². The third-order valence-electron chi connectivity index (χ3n) is 2.78. The molecule has 3 aromatic rings. The molecular weight excluding hydrogens is 250 g/mol. The number of halogens is 1. The highest BCUT2D eigenvalue weighted by molar-refractivity contribution is 6.33. The Morgan fingerprint density at radius 1 is 1.11 bits per heavy atom. The van der Waals surface area contributed by atoms with Crippen LogP contribution in [0.5, 0.6) is 5.75 Å². The van der Waals surface area contributed by atoms with E-state index < -0.39 is 0 Å². The van der Waals surface area contributed by atoms with E-state index in [0.717, 1.165) is 22.5 Å². The predicted octanol–water partition coefficient (Wildman–Crippen LogP) is 3.08. The molecule has 0 fully saturated rings. The van der Waals surface area contributed by atoms with E-state index >= 15 is 0 Å². The number of hydrogen-bond donors (Lipinski definition) is 0. The predicted molar refractivity (Wildman–Crippen MR) is 70.4 cm³/mol. The molecule has 2 aromatic heterocycles. The van der Waals surface area contributed by atoms with Crippen LogP contribution in [-0.2, 0) is 0 Å². The number of nitrogens with zero attached hydrogens (tertiary/aromatic N) is 3. The van der Waals surface area contributed by atoms with E-state index in [1.165, 1.54) is 6.33 Å². The number of ether oxygens (including phenoxy) is 1. The van der Waals surface area contributed by atoms with E-state index in [-0.39, 0.29) is 0 Å². The average molecular weight is 260 g/mol. The van der Waals surface area contributed by atoms with Gasteiger partial charge in [0.25, 0.3) is 0 Å². The fourth-order valence-electron chi connectivity index (χ4n) is 1.87. The largest absolute Gasteiger partial charge is 0.497 e. The van der Waals surface area contributed by atoms with Gasteiger partial charge in [-0.1, -0.05) is 11.6 Å². The van der Waals surface area contributed by atoms with Crippen molar-refractivity contribution in [3.63, 3.8) is 0 Å². The summed E-state index contributed by atoms with van der Waals surface area (Å²) in [7, 11) is 1.65. The van der Waals surface area contributed by atoms with E-state index in [2.05, 4.69) is 9.97 Å². The molecule has 90 valence electrons. The summed E-state index contributed by atoms with van der Waals surface area (Å²) >= 11 is 6.02. The second-order valence-corrected chi connectivity index (χ2v) is 4.14. The highest BCUT2D eigenvalue weighted by Gasteiger charge is 2.07. The van der Waals surface area contributed by atoms with Crippen molar-refractivity contribution in [3.8, 4) is 11.4 Å². The van der Waals surface area contributed by atoms with E-state index in [4.69, 9.17) is 16.3 Å². The molecule has 18 heavy (non-hydrogen) atoms. The highest BCUT2D eigenvalue weighted by Crippen LogP contribution is 2.24. The molecule has 1 aromatic carbocycles. The summed E-state index contributed by atoms with van der Waals surface area (Å²) in [6, 6.07) is 9.65. The van der Waals surface area contributed by atoms with Crippen LogP contribution in [-0.4, -0.2) is 21.6 Å². The van der Waals surface area contributed by atoms with Gasteiger partial charge < -0.3 is 9.30 Å². The van der Waals surface area contributed by atoms with Gasteiger partial charge in [-0.15, -0.1) is 0 Å². The number of hydrogen-bond acceptors (Lipinski definition) is 3. The molecule has 0 unspecified atom stereocenters. The zero-order valence-electron chi connectivity index (χ0n) is 9.67. The molecule has 0 aliphatic heterocycles.